The molecule has 0 saturated heterocycles. The minimum Gasteiger partial charge on any atom is -0.481 e. The second-order valence-corrected chi connectivity index (χ2v) is 9.15. The van der Waals surface area contributed by atoms with Gasteiger partial charge in [-0.1, -0.05) is 17.7 Å². The largest absolute Gasteiger partial charge is 0.481 e. The Morgan fingerprint density at radius 3 is 2.55 bits per heavy atom. The van der Waals surface area contributed by atoms with E-state index in [1.807, 2.05) is 12.9 Å². The molecule has 1 aliphatic rings. The van der Waals surface area contributed by atoms with Crippen molar-refractivity contribution in [3.63, 3.8) is 0 Å². The minimum atomic E-state index is -0.750. The fourth-order valence-electron chi connectivity index (χ4n) is 4.25. The van der Waals surface area contributed by atoms with Gasteiger partial charge in [0, 0.05) is 25.9 Å². The molecule has 10 heteroatoms. The normalized spacial score (nSPS) is 16.2. The summed E-state index contributed by atoms with van der Waals surface area (Å²) in [6, 6.07) is 7.31. The molecule has 0 radical (unpaired) electrons. The highest BCUT2D eigenvalue weighted by atomic mass is 19.1. The maximum Gasteiger partial charge on any atom is 0.216 e. The topological polar surface area (TPSA) is 94.5 Å². The van der Waals surface area contributed by atoms with Crippen LogP contribution in [0.4, 0.5) is 18.9 Å². The second kappa shape index (κ2) is 13.5. The Balaban J connectivity index is 0.000000536. The zero-order chi connectivity index (χ0) is 29.4. The summed E-state index contributed by atoms with van der Waals surface area (Å²) < 4.78 is 47.6. The highest BCUT2D eigenvalue weighted by Crippen LogP contribution is 2.31. The van der Waals surface area contributed by atoms with Gasteiger partial charge in [-0.2, -0.15) is 0 Å². The first-order valence-corrected chi connectivity index (χ1v) is 12.5. The fourth-order valence-corrected chi connectivity index (χ4v) is 4.25. The van der Waals surface area contributed by atoms with Crippen molar-refractivity contribution in [1.29, 1.82) is 0 Å². The van der Waals surface area contributed by atoms with E-state index in [4.69, 9.17) is 15.3 Å². The molecule has 214 valence electrons. The maximum absolute atomic E-state index is 14.4. The number of fused-ring (bicyclic) bond motifs is 1. The van der Waals surface area contributed by atoms with Crippen LogP contribution in [-0.4, -0.2) is 28.3 Å². The molecule has 3 aromatic heterocycles. The van der Waals surface area contributed by atoms with Crippen LogP contribution in [0.1, 0.15) is 47.2 Å². The van der Waals surface area contributed by atoms with Gasteiger partial charge in [0.25, 0.3) is 0 Å². The van der Waals surface area contributed by atoms with Crippen molar-refractivity contribution >= 4 is 23.7 Å². The Morgan fingerprint density at radius 2 is 1.85 bits per heavy atom. The highest BCUT2D eigenvalue weighted by Gasteiger charge is 2.17. The molecule has 0 amide bonds. The second-order valence-electron chi connectivity index (χ2n) is 9.15. The van der Waals surface area contributed by atoms with Crippen molar-refractivity contribution in [2.24, 2.45) is 0 Å². The molecule has 0 fully saturated rings. The molecule has 0 unspecified atom stereocenters. The van der Waals surface area contributed by atoms with Crippen molar-refractivity contribution < 1.29 is 25.6 Å². The summed E-state index contributed by atoms with van der Waals surface area (Å²) in [5, 5.41) is 3.46. The van der Waals surface area contributed by atoms with Crippen molar-refractivity contribution in [2.45, 2.75) is 40.0 Å². The van der Waals surface area contributed by atoms with Crippen LogP contribution in [0, 0.1) is 24.4 Å². The lowest BCUT2D eigenvalue weighted by atomic mass is 10.0. The summed E-state index contributed by atoms with van der Waals surface area (Å²) in [7, 11) is 1.51. The molecule has 0 saturated carbocycles. The Labute approximate surface area is 234 Å². The number of aromatic nitrogens is 3. The number of benzene rings is 1. The molecule has 0 bridgehead atoms. The lowest BCUT2D eigenvalue weighted by Crippen LogP contribution is -2.13. The minimum absolute atomic E-state index is 0. The molecule has 0 spiro atoms. The Kier molecular flexibility index (Phi) is 10.1. The molecule has 3 N–H and O–H groups in total. The molecule has 7 nitrogen and oxygen atoms in total. The van der Waals surface area contributed by atoms with Gasteiger partial charge in [0.15, 0.2) is 5.82 Å². The number of halogens is 3. The molecular formula is C30H36F3N5O2. The average Bonchev–Trinajstić information content (AvgIpc) is 3.36. The number of nitrogens with zero attached hydrogens (tertiary/aromatic N) is 3. The number of carbonyl (C=O) groups excluding carboxylic acids is 1. The van der Waals surface area contributed by atoms with Crippen molar-refractivity contribution in [3.8, 4) is 17.0 Å². The molecule has 40 heavy (non-hydrogen) atoms. The Bertz CT molecular complexity index is 1570. The van der Waals surface area contributed by atoms with Crippen LogP contribution in [0.15, 0.2) is 66.4 Å². The van der Waals surface area contributed by atoms with Gasteiger partial charge in [-0.15, -0.1) is 0 Å². The number of imidazole rings is 1. The number of nitrogens with one attached hydrogen (secondary N) is 1. The summed E-state index contributed by atoms with van der Waals surface area (Å²) in [5.74, 6) is -1.26. The van der Waals surface area contributed by atoms with Crippen LogP contribution in [0.25, 0.3) is 22.3 Å². The lowest BCUT2D eigenvalue weighted by Gasteiger charge is -2.16. The number of methoxy groups -OCH3 is 1. The quantitative estimate of drug-likeness (QED) is 0.262. The average molecular weight is 556 g/mol. The van der Waals surface area contributed by atoms with Gasteiger partial charge in [-0.25, -0.2) is 23.1 Å². The molecule has 1 aliphatic heterocycles. The number of nitrogen functional groups attached to an aromatic ring is 1. The van der Waals surface area contributed by atoms with Gasteiger partial charge < -0.3 is 25.0 Å². The van der Waals surface area contributed by atoms with Crippen molar-refractivity contribution in [1.82, 2.24) is 19.7 Å². The lowest BCUT2D eigenvalue weighted by molar-refractivity contribution is -0.0980. The first kappa shape index (κ1) is 29.9. The van der Waals surface area contributed by atoms with Crippen LogP contribution in [0.5, 0.6) is 5.88 Å². The van der Waals surface area contributed by atoms with E-state index < -0.39 is 11.6 Å². The monoisotopic (exact) mass is 555 g/mol. The Hall–Kier alpha value is -4.60. The number of anilines is 1. The van der Waals surface area contributed by atoms with Crippen LogP contribution in [0.2, 0.25) is 0 Å². The summed E-state index contributed by atoms with van der Waals surface area (Å²) in [4.78, 5) is 16.2. The maximum atomic E-state index is 14.4. The van der Waals surface area contributed by atoms with Crippen LogP contribution < -0.4 is 15.8 Å². The number of ether oxygens (including phenoxy) is 1. The van der Waals surface area contributed by atoms with Crippen LogP contribution in [-0.2, 0) is 4.79 Å². The van der Waals surface area contributed by atoms with Gasteiger partial charge in [0.2, 0.25) is 5.88 Å². The molecule has 0 atom stereocenters. The number of pyridine rings is 2. The Morgan fingerprint density at radius 1 is 1.10 bits per heavy atom. The number of hydrogen-bond acceptors (Lipinski definition) is 6. The van der Waals surface area contributed by atoms with Crippen molar-refractivity contribution in [3.05, 3.63) is 95.1 Å². The van der Waals surface area contributed by atoms with E-state index in [0.29, 0.717) is 17.0 Å². The van der Waals surface area contributed by atoms with E-state index in [-0.39, 0.29) is 19.9 Å². The summed E-state index contributed by atoms with van der Waals surface area (Å²) in [6.45, 7) is 7.95. The zero-order valence-corrected chi connectivity index (χ0v) is 22.9. The van der Waals surface area contributed by atoms with E-state index >= 15 is 0 Å². The number of rotatable bonds is 3. The molecule has 4 heterocycles. The molecule has 5 rings (SSSR count). The molecule has 0 aliphatic carbocycles. The van der Waals surface area contributed by atoms with Gasteiger partial charge >= 0.3 is 0 Å². The standard InChI is InChI=1S/C22H22F2N4.C7H8FNO.CH2O.2H2/c1-13-5-3-4-6-18(27-14(13)2)22-19-10-7-15(11-28(19)12-26-22)20-16(23)8-9-17(25)21(20)24;1-5-3-6(8)4-9-7(5)10-2;1-2;;/h6-12,27H,3-5,25H2,1-2H3;3-4H,1-2H3;1H2;2*1H/b14-13-,18-6+;;;;. The molecule has 4 aromatic rings. The predicted octanol–water partition coefficient (Wildman–Crippen LogP) is 7.11. The summed E-state index contributed by atoms with van der Waals surface area (Å²) in [5.41, 5.74) is 11.6. The number of aryl methyl sites for hydroxylation is 1. The third-order valence-corrected chi connectivity index (χ3v) is 6.45. The third kappa shape index (κ3) is 6.69. The molecular weight excluding hydrogens is 519 g/mol. The zero-order valence-electron chi connectivity index (χ0n) is 22.9. The smallest absolute Gasteiger partial charge is 0.216 e. The van der Waals surface area contributed by atoms with Gasteiger partial charge in [0.05, 0.1) is 35.8 Å². The van der Waals surface area contributed by atoms with Gasteiger partial charge in [-0.3, -0.25) is 0 Å². The summed E-state index contributed by atoms with van der Waals surface area (Å²) >= 11 is 0. The van der Waals surface area contributed by atoms with Gasteiger partial charge in [-0.05, 0) is 64.3 Å². The predicted molar refractivity (Wildman–Crippen MR) is 155 cm³/mol. The highest BCUT2D eigenvalue weighted by molar-refractivity contribution is 5.78. The number of hydrogen-bond donors (Lipinski definition) is 2. The number of nitrogens with two attached hydrogens (primary N) is 1. The number of carbonyl (C=O) groups is 1. The first-order chi connectivity index (χ1) is 19.2. The first-order valence-electron chi connectivity index (χ1n) is 12.5. The molecule has 1 aromatic carbocycles. The SMILES string of the molecule is C/C1=C(\C)N/C(c2ncn3cc(-c4c(F)ccc(N)c4F)ccc23)=C/CCC1.C=O.COc1ncc(F)cc1C.[HH].[HH]. The van der Waals surface area contributed by atoms with Crippen molar-refractivity contribution in [2.75, 3.05) is 12.8 Å². The number of allylic oxidation sites excluding steroid dienone is 3. The van der Waals surface area contributed by atoms with Crippen LogP contribution in [0.3, 0.4) is 0 Å². The van der Waals surface area contributed by atoms with E-state index in [1.54, 1.807) is 29.9 Å². The van der Waals surface area contributed by atoms with E-state index in [2.05, 4.69) is 35.2 Å². The van der Waals surface area contributed by atoms with E-state index in [9.17, 15) is 13.2 Å². The van der Waals surface area contributed by atoms with E-state index in [0.717, 1.165) is 48.1 Å². The third-order valence-electron chi connectivity index (χ3n) is 6.45. The van der Waals surface area contributed by atoms with E-state index in [1.165, 1.54) is 30.9 Å². The van der Waals surface area contributed by atoms with Crippen LogP contribution >= 0.6 is 0 Å². The fraction of sp³-hybridized carbons (Fsp3) is 0.233. The summed E-state index contributed by atoms with van der Waals surface area (Å²) in [6.07, 6.45) is 9.75. The van der Waals surface area contributed by atoms with Gasteiger partial charge in [0.1, 0.15) is 30.4 Å².